The Labute approximate surface area is 216 Å². The van der Waals surface area contributed by atoms with Crippen molar-refractivity contribution in [3.05, 3.63) is 39.3 Å². The Balaban J connectivity index is 1.49. The van der Waals surface area contributed by atoms with Gasteiger partial charge < -0.3 is 19.5 Å². The van der Waals surface area contributed by atoms with E-state index in [0.717, 1.165) is 45.4 Å². The van der Waals surface area contributed by atoms with Crippen LogP contribution in [0.25, 0.3) is 17.1 Å². The van der Waals surface area contributed by atoms with Crippen LogP contribution in [0.2, 0.25) is 0 Å². The first-order valence-corrected chi connectivity index (χ1v) is 13.4. The van der Waals surface area contributed by atoms with E-state index >= 15 is 4.39 Å². The molecule has 0 aromatic carbocycles. The van der Waals surface area contributed by atoms with Gasteiger partial charge in [0.15, 0.2) is 17.3 Å². The zero-order chi connectivity index (χ0) is 26.3. The second kappa shape index (κ2) is 10.1. The number of anilines is 1. The van der Waals surface area contributed by atoms with E-state index in [4.69, 9.17) is 14.2 Å². The van der Waals surface area contributed by atoms with Gasteiger partial charge in [-0.05, 0) is 58.9 Å². The molecule has 1 N–H and O–H groups in total. The summed E-state index contributed by atoms with van der Waals surface area (Å²) >= 11 is 0. The molecule has 5 rings (SSSR count). The summed E-state index contributed by atoms with van der Waals surface area (Å²) < 4.78 is 28.0. The van der Waals surface area contributed by atoms with Crippen LogP contribution in [-0.4, -0.2) is 56.9 Å². The molecule has 37 heavy (non-hydrogen) atoms. The number of nitrogens with zero attached hydrogens (tertiary/aromatic N) is 5. The Hall–Kier alpha value is -2.85. The standard InChI is InChI=1S/C27H37FN6O3/c1-6-17-14-20(28)23-31-24(22(16(3)34(23)26(17)35)25-30-21(7-2)32-37-25)33-11-8-18(9-12-33)29-19-10-13-36-27(4,5)15-19/h14,18-19,29H,6-13,15H2,1-5H3. The van der Waals surface area contributed by atoms with E-state index in [-0.39, 0.29) is 16.8 Å². The summed E-state index contributed by atoms with van der Waals surface area (Å²) in [5.41, 5.74) is 1.20. The number of pyridine rings is 1. The fourth-order valence-corrected chi connectivity index (χ4v) is 5.67. The zero-order valence-electron chi connectivity index (χ0n) is 22.4. The van der Waals surface area contributed by atoms with Crippen molar-refractivity contribution in [2.45, 2.75) is 90.8 Å². The molecule has 200 valence electrons. The predicted molar refractivity (Wildman–Crippen MR) is 140 cm³/mol. The third-order valence-electron chi connectivity index (χ3n) is 7.68. The molecule has 3 aromatic rings. The average molecular weight is 513 g/mol. The lowest BCUT2D eigenvalue weighted by Crippen LogP contribution is -2.50. The molecule has 0 aliphatic carbocycles. The minimum Gasteiger partial charge on any atom is -0.375 e. The number of aryl methyl sites for hydroxylation is 3. The van der Waals surface area contributed by atoms with Gasteiger partial charge in [-0.25, -0.2) is 9.37 Å². The summed E-state index contributed by atoms with van der Waals surface area (Å²) in [6, 6.07) is 2.14. The number of halogens is 1. The van der Waals surface area contributed by atoms with Gasteiger partial charge in [-0.3, -0.25) is 9.20 Å². The number of ether oxygens (including phenoxy) is 1. The Morgan fingerprint density at radius 1 is 1.14 bits per heavy atom. The van der Waals surface area contributed by atoms with Gasteiger partial charge in [0, 0.05) is 49.5 Å². The van der Waals surface area contributed by atoms with Crippen LogP contribution in [0.15, 0.2) is 15.4 Å². The molecule has 9 nitrogen and oxygen atoms in total. The van der Waals surface area contributed by atoms with E-state index in [1.54, 1.807) is 6.92 Å². The quantitative estimate of drug-likeness (QED) is 0.532. The van der Waals surface area contributed by atoms with E-state index in [1.807, 2.05) is 13.8 Å². The molecule has 0 bridgehead atoms. The zero-order valence-corrected chi connectivity index (χ0v) is 22.4. The highest BCUT2D eigenvalue weighted by atomic mass is 19.1. The molecule has 0 radical (unpaired) electrons. The molecule has 5 heterocycles. The molecule has 2 saturated heterocycles. The molecule has 2 fully saturated rings. The number of rotatable bonds is 6. The molecule has 1 atom stereocenters. The molecule has 1 unspecified atom stereocenters. The van der Waals surface area contributed by atoms with Crippen molar-refractivity contribution in [3.63, 3.8) is 0 Å². The normalized spacial score (nSPS) is 20.6. The highest BCUT2D eigenvalue weighted by molar-refractivity contribution is 5.75. The summed E-state index contributed by atoms with van der Waals surface area (Å²) in [5.74, 6) is 0.948. The van der Waals surface area contributed by atoms with Crippen LogP contribution in [0.4, 0.5) is 10.2 Å². The Bertz CT molecular complexity index is 1340. The van der Waals surface area contributed by atoms with Crippen molar-refractivity contribution in [2.75, 3.05) is 24.6 Å². The van der Waals surface area contributed by atoms with Gasteiger partial charge in [0.05, 0.1) is 5.60 Å². The molecule has 0 spiro atoms. The summed E-state index contributed by atoms with van der Waals surface area (Å²) in [7, 11) is 0. The van der Waals surface area contributed by atoms with Gasteiger partial charge in [0.1, 0.15) is 11.4 Å². The molecular formula is C27H37FN6O3. The third kappa shape index (κ3) is 5.01. The van der Waals surface area contributed by atoms with Crippen molar-refractivity contribution >= 4 is 11.5 Å². The minimum atomic E-state index is -0.509. The van der Waals surface area contributed by atoms with Crippen molar-refractivity contribution in [2.24, 2.45) is 0 Å². The molecule has 10 heteroatoms. The van der Waals surface area contributed by atoms with Crippen molar-refractivity contribution in [1.82, 2.24) is 24.8 Å². The summed E-state index contributed by atoms with van der Waals surface area (Å²) in [5, 5.41) is 7.91. The molecule has 0 amide bonds. The highest BCUT2D eigenvalue weighted by Gasteiger charge is 2.32. The van der Waals surface area contributed by atoms with Crippen LogP contribution in [0.1, 0.15) is 70.5 Å². The number of piperidine rings is 1. The lowest BCUT2D eigenvalue weighted by molar-refractivity contribution is -0.0644. The van der Waals surface area contributed by atoms with Crippen molar-refractivity contribution in [1.29, 1.82) is 0 Å². The first-order chi connectivity index (χ1) is 17.7. The molecular weight excluding hydrogens is 475 g/mol. The first-order valence-electron chi connectivity index (χ1n) is 13.4. The predicted octanol–water partition coefficient (Wildman–Crippen LogP) is 3.83. The number of hydrogen-bond donors (Lipinski definition) is 1. The smallest absolute Gasteiger partial charge is 0.263 e. The number of nitrogens with one attached hydrogen (secondary N) is 1. The van der Waals surface area contributed by atoms with Crippen LogP contribution in [0.3, 0.4) is 0 Å². The van der Waals surface area contributed by atoms with Gasteiger partial charge in [-0.2, -0.15) is 4.98 Å². The second-order valence-corrected chi connectivity index (χ2v) is 10.8. The maximum atomic E-state index is 15.2. The number of hydrogen-bond acceptors (Lipinski definition) is 8. The van der Waals surface area contributed by atoms with Gasteiger partial charge in [-0.15, -0.1) is 0 Å². The van der Waals surface area contributed by atoms with Crippen LogP contribution >= 0.6 is 0 Å². The molecule has 0 saturated carbocycles. The maximum Gasteiger partial charge on any atom is 0.263 e. The average Bonchev–Trinajstić information content (AvgIpc) is 3.34. The lowest BCUT2D eigenvalue weighted by Gasteiger charge is -2.40. The Morgan fingerprint density at radius 2 is 1.89 bits per heavy atom. The summed E-state index contributed by atoms with van der Waals surface area (Å²) in [6.07, 6.45) is 4.92. The topological polar surface area (TPSA) is 97.8 Å². The van der Waals surface area contributed by atoms with E-state index in [0.29, 0.717) is 59.3 Å². The molecule has 2 aliphatic rings. The van der Waals surface area contributed by atoms with Crippen molar-refractivity contribution in [3.8, 4) is 11.5 Å². The fourth-order valence-electron chi connectivity index (χ4n) is 5.67. The van der Waals surface area contributed by atoms with Gasteiger partial charge in [0.2, 0.25) is 0 Å². The Kier molecular flexibility index (Phi) is 7.06. The molecule has 3 aromatic heterocycles. The second-order valence-electron chi connectivity index (χ2n) is 10.8. The SMILES string of the molecule is CCc1noc(-c2c(N3CCC(NC4CCOC(C)(C)C4)CC3)nc3c(F)cc(CC)c(=O)n3c2C)n1. The van der Waals surface area contributed by atoms with Crippen LogP contribution in [0.5, 0.6) is 0 Å². The van der Waals surface area contributed by atoms with Crippen LogP contribution in [0, 0.1) is 12.7 Å². The number of fused-ring (bicyclic) bond motifs is 1. The maximum absolute atomic E-state index is 15.2. The first kappa shape index (κ1) is 25.8. The van der Waals surface area contributed by atoms with Gasteiger partial charge in [0.25, 0.3) is 11.4 Å². The van der Waals surface area contributed by atoms with Gasteiger partial charge >= 0.3 is 0 Å². The van der Waals surface area contributed by atoms with E-state index in [1.165, 1.54) is 10.5 Å². The number of aromatic nitrogens is 4. The molecule has 2 aliphatic heterocycles. The van der Waals surface area contributed by atoms with E-state index in [2.05, 4.69) is 34.2 Å². The summed E-state index contributed by atoms with van der Waals surface area (Å²) in [6.45, 7) is 12.1. The van der Waals surface area contributed by atoms with Gasteiger partial charge in [-0.1, -0.05) is 19.0 Å². The van der Waals surface area contributed by atoms with Crippen LogP contribution in [-0.2, 0) is 17.6 Å². The Morgan fingerprint density at radius 3 is 2.54 bits per heavy atom. The highest BCUT2D eigenvalue weighted by Crippen LogP contribution is 2.34. The lowest BCUT2D eigenvalue weighted by atomic mass is 9.92. The summed E-state index contributed by atoms with van der Waals surface area (Å²) in [4.78, 5) is 24.6. The monoisotopic (exact) mass is 512 g/mol. The van der Waals surface area contributed by atoms with Crippen molar-refractivity contribution < 1.29 is 13.7 Å². The largest absolute Gasteiger partial charge is 0.375 e. The van der Waals surface area contributed by atoms with E-state index in [9.17, 15) is 4.79 Å². The van der Waals surface area contributed by atoms with Crippen LogP contribution < -0.4 is 15.8 Å². The van der Waals surface area contributed by atoms with E-state index < -0.39 is 5.82 Å². The third-order valence-corrected chi connectivity index (χ3v) is 7.68. The fraction of sp³-hybridized carbons (Fsp3) is 0.630. The minimum absolute atomic E-state index is 0.0263.